The third kappa shape index (κ3) is 4.13. The van der Waals surface area contributed by atoms with E-state index in [0.29, 0.717) is 11.3 Å². The van der Waals surface area contributed by atoms with E-state index in [0.717, 1.165) is 4.88 Å². The first-order valence-electron chi connectivity index (χ1n) is 6.40. The Kier molecular flexibility index (Phi) is 5.21. The lowest BCUT2D eigenvalue weighted by atomic mass is 10.2. The highest BCUT2D eigenvalue weighted by Crippen LogP contribution is 2.24. The van der Waals surface area contributed by atoms with Gasteiger partial charge in [-0.2, -0.15) is 5.10 Å². The first kappa shape index (κ1) is 15.6. The highest BCUT2D eigenvalue weighted by molar-refractivity contribution is 7.10. The van der Waals surface area contributed by atoms with Crippen LogP contribution in [-0.2, 0) is 11.2 Å². The molecule has 0 radical (unpaired) electrons. The van der Waals surface area contributed by atoms with Gasteiger partial charge in [-0.05, 0) is 17.5 Å². The molecule has 0 aliphatic rings. The first-order chi connectivity index (χ1) is 10.6. The number of carbonyl (C=O) groups is 1. The van der Waals surface area contributed by atoms with Gasteiger partial charge in [-0.15, -0.1) is 11.3 Å². The minimum absolute atomic E-state index is 0.0450. The maximum Gasteiger partial charge on any atom is 0.292 e. The Balaban J connectivity index is 1.99. The molecule has 7 nitrogen and oxygen atoms in total. The predicted molar refractivity (Wildman–Crippen MR) is 86.4 cm³/mol. The Morgan fingerprint density at radius 3 is 2.91 bits per heavy atom. The van der Waals surface area contributed by atoms with Crippen LogP contribution < -0.4 is 10.7 Å². The molecule has 0 aliphatic carbocycles. The van der Waals surface area contributed by atoms with Gasteiger partial charge in [0.15, 0.2) is 0 Å². The van der Waals surface area contributed by atoms with E-state index < -0.39 is 4.92 Å². The van der Waals surface area contributed by atoms with E-state index in [1.807, 2.05) is 17.5 Å². The summed E-state index contributed by atoms with van der Waals surface area (Å²) >= 11 is 1.50. The number of anilines is 1. The van der Waals surface area contributed by atoms with Crippen molar-refractivity contribution in [2.45, 2.75) is 6.42 Å². The van der Waals surface area contributed by atoms with Crippen LogP contribution in [0.4, 0.5) is 11.4 Å². The normalized spacial score (nSPS) is 10.6. The number of thiophene rings is 1. The largest absolute Gasteiger partial charge is 0.383 e. The maximum absolute atomic E-state index is 11.6. The lowest BCUT2D eigenvalue weighted by Crippen LogP contribution is -2.19. The Bertz CT molecular complexity index is 698. The van der Waals surface area contributed by atoms with E-state index in [4.69, 9.17) is 0 Å². The molecule has 22 heavy (non-hydrogen) atoms. The van der Waals surface area contributed by atoms with Gasteiger partial charge in [-0.1, -0.05) is 12.1 Å². The van der Waals surface area contributed by atoms with Crippen molar-refractivity contribution in [3.8, 4) is 0 Å². The van der Waals surface area contributed by atoms with Gasteiger partial charge in [0.2, 0.25) is 5.91 Å². The van der Waals surface area contributed by atoms with Crippen LogP contribution >= 0.6 is 11.3 Å². The number of nitrogens with one attached hydrogen (secondary N) is 2. The molecule has 0 saturated carbocycles. The van der Waals surface area contributed by atoms with Crippen LogP contribution in [0.1, 0.15) is 10.4 Å². The topological polar surface area (TPSA) is 96.6 Å². The van der Waals surface area contributed by atoms with Crippen molar-refractivity contribution in [2.75, 3.05) is 12.4 Å². The molecule has 2 N–H and O–H groups in total. The van der Waals surface area contributed by atoms with Crippen molar-refractivity contribution in [3.05, 3.63) is 56.3 Å². The third-order valence-electron chi connectivity index (χ3n) is 2.81. The summed E-state index contributed by atoms with van der Waals surface area (Å²) < 4.78 is 0. The van der Waals surface area contributed by atoms with Crippen LogP contribution in [-0.4, -0.2) is 24.1 Å². The number of hydrogen-bond acceptors (Lipinski definition) is 6. The molecule has 0 atom stereocenters. The predicted octanol–water partition coefficient (Wildman–Crippen LogP) is 2.39. The molecular formula is C14H14N4O3S. The second-order valence-corrected chi connectivity index (χ2v) is 5.37. The summed E-state index contributed by atoms with van der Waals surface area (Å²) in [4.78, 5) is 23.1. The number of rotatable bonds is 6. The van der Waals surface area contributed by atoms with Crippen LogP contribution in [0.2, 0.25) is 0 Å². The van der Waals surface area contributed by atoms with E-state index in [1.165, 1.54) is 23.6 Å². The molecule has 2 rings (SSSR count). The molecule has 1 aromatic carbocycles. The van der Waals surface area contributed by atoms with Crippen LogP contribution in [0.3, 0.4) is 0 Å². The average Bonchev–Trinajstić information content (AvgIpc) is 2.99. The molecule has 2 aromatic rings. The zero-order chi connectivity index (χ0) is 15.9. The van der Waals surface area contributed by atoms with Gasteiger partial charge in [-0.25, -0.2) is 5.43 Å². The number of nitro benzene ring substituents is 1. The minimum Gasteiger partial charge on any atom is -0.383 e. The van der Waals surface area contributed by atoms with Gasteiger partial charge in [-0.3, -0.25) is 14.9 Å². The molecule has 0 unspecified atom stereocenters. The standard InChI is InChI=1S/C14H14N4O3S/c1-15-12-5-4-10(7-13(12)18(20)21)9-16-17-14(19)8-11-3-2-6-22-11/h2-7,9,15H,8H2,1H3,(H,17,19)/b16-9+. The van der Waals surface area contributed by atoms with Gasteiger partial charge < -0.3 is 5.32 Å². The second-order valence-electron chi connectivity index (χ2n) is 4.33. The molecular weight excluding hydrogens is 304 g/mol. The molecule has 0 aliphatic heterocycles. The molecule has 0 saturated heterocycles. The van der Waals surface area contributed by atoms with Crippen LogP contribution in [0.5, 0.6) is 0 Å². The zero-order valence-corrected chi connectivity index (χ0v) is 12.6. The van der Waals surface area contributed by atoms with Crippen molar-refractivity contribution in [3.63, 3.8) is 0 Å². The van der Waals surface area contributed by atoms with Gasteiger partial charge in [0.1, 0.15) is 5.69 Å². The Morgan fingerprint density at radius 1 is 1.45 bits per heavy atom. The smallest absolute Gasteiger partial charge is 0.292 e. The summed E-state index contributed by atoms with van der Waals surface area (Å²) in [5.74, 6) is -0.236. The molecule has 0 fully saturated rings. The highest BCUT2D eigenvalue weighted by atomic mass is 32.1. The lowest BCUT2D eigenvalue weighted by molar-refractivity contribution is -0.383. The van der Waals surface area contributed by atoms with Gasteiger partial charge in [0.25, 0.3) is 5.69 Å². The number of nitro groups is 1. The van der Waals surface area contributed by atoms with E-state index in [-0.39, 0.29) is 18.0 Å². The van der Waals surface area contributed by atoms with Gasteiger partial charge in [0.05, 0.1) is 17.6 Å². The van der Waals surface area contributed by atoms with Crippen LogP contribution in [0, 0.1) is 10.1 Å². The molecule has 1 amide bonds. The molecule has 0 spiro atoms. The number of nitrogens with zero attached hydrogens (tertiary/aromatic N) is 2. The third-order valence-corrected chi connectivity index (χ3v) is 3.68. The quantitative estimate of drug-likeness (QED) is 0.485. The monoisotopic (exact) mass is 318 g/mol. The fourth-order valence-corrected chi connectivity index (χ4v) is 2.48. The summed E-state index contributed by atoms with van der Waals surface area (Å²) in [6, 6.07) is 8.40. The van der Waals surface area contributed by atoms with Crippen LogP contribution in [0.15, 0.2) is 40.8 Å². The summed E-state index contributed by atoms with van der Waals surface area (Å²) in [5, 5.41) is 19.4. The Labute approximate surface area is 130 Å². The molecule has 1 aromatic heterocycles. The summed E-state index contributed by atoms with van der Waals surface area (Å²) in [6.45, 7) is 0. The highest BCUT2D eigenvalue weighted by Gasteiger charge is 2.12. The molecule has 8 heteroatoms. The van der Waals surface area contributed by atoms with Gasteiger partial charge in [0, 0.05) is 23.6 Å². The molecule has 0 bridgehead atoms. The number of carbonyl (C=O) groups excluding carboxylic acids is 1. The average molecular weight is 318 g/mol. The lowest BCUT2D eigenvalue weighted by Gasteiger charge is -2.02. The fraction of sp³-hybridized carbons (Fsp3) is 0.143. The summed E-state index contributed by atoms with van der Waals surface area (Å²) in [7, 11) is 1.61. The number of hydrogen-bond donors (Lipinski definition) is 2. The fourth-order valence-electron chi connectivity index (χ4n) is 1.78. The number of hydrazone groups is 1. The first-order valence-corrected chi connectivity index (χ1v) is 7.28. The second kappa shape index (κ2) is 7.32. The Morgan fingerprint density at radius 2 is 2.27 bits per heavy atom. The summed E-state index contributed by atoms with van der Waals surface area (Å²) in [5.41, 5.74) is 3.30. The van der Waals surface area contributed by atoms with Crippen LogP contribution in [0.25, 0.3) is 0 Å². The molecule has 1 heterocycles. The van der Waals surface area contributed by atoms with Crippen molar-refractivity contribution < 1.29 is 9.72 Å². The number of amides is 1. The SMILES string of the molecule is CNc1ccc(/C=N/NC(=O)Cc2cccs2)cc1[N+](=O)[O-]. The van der Waals surface area contributed by atoms with E-state index >= 15 is 0 Å². The van der Waals surface area contributed by atoms with Crippen molar-refractivity contribution in [2.24, 2.45) is 5.10 Å². The maximum atomic E-state index is 11.6. The van der Waals surface area contributed by atoms with Crippen molar-refractivity contribution >= 4 is 34.8 Å². The van der Waals surface area contributed by atoms with Crippen molar-refractivity contribution in [1.29, 1.82) is 0 Å². The van der Waals surface area contributed by atoms with E-state index in [9.17, 15) is 14.9 Å². The van der Waals surface area contributed by atoms with E-state index in [2.05, 4.69) is 15.8 Å². The molecule has 114 valence electrons. The van der Waals surface area contributed by atoms with Gasteiger partial charge >= 0.3 is 0 Å². The zero-order valence-electron chi connectivity index (χ0n) is 11.8. The van der Waals surface area contributed by atoms with E-state index in [1.54, 1.807) is 19.2 Å². The van der Waals surface area contributed by atoms with Crippen molar-refractivity contribution in [1.82, 2.24) is 5.43 Å². The summed E-state index contributed by atoms with van der Waals surface area (Å²) in [6.07, 6.45) is 1.63. The number of benzene rings is 1. The Hall–Kier alpha value is -2.74. The minimum atomic E-state index is -0.474.